The predicted molar refractivity (Wildman–Crippen MR) is 154 cm³/mol. The minimum atomic E-state index is -2.06. The third kappa shape index (κ3) is 7.29. The van der Waals surface area contributed by atoms with E-state index in [0.29, 0.717) is 6.61 Å². The molecule has 0 bridgehead atoms. The number of nitrogens with zero attached hydrogens (tertiary/aromatic N) is 1. The van der Waals surface area contributed by atoms with Gasteiger partial charge in [-0.15, -0.1) is 0 Å². The van der Waals surface area contributed by atoms with Crippen molar-refractivity contribution in [3.8, 4) is 11.1 Å². The molecule has 0 unspecified atom stereocenters. The summed E-state index contributed by atoms with van der Waals surface area (Å²) < 4.78 is 26.4. The Bertz CT molecular complexity index is 1090. The maximum absolute atomic E-state index is 14.7. The maximum atomic E-state index is 14.7. The van der Waals surface area contributed by atoms with Gasteiger partial charge in [0.15, 0.2) is 8.32 Å². The second kappa shape index (κ2) is 12.7. The number of halogens is 1. The summed E-state index contributed by atoms with van der Waals surface area (Å²) in [7, 11) is -0.778. The molecule has 0 radical (unpaired) electrons. The number of methoxy groups -OCH3 is 1. The van der Waals surface area contributed by atoms with Gasteiger partial charge >= 0.3 is 5.97 Å². The second-order valence-electron chi connectivity index (χ2n) is 12.2. The van der Waals surface area contributed by atoms with E-state index in [1.807, 2.05) is 0 Å². The second-order valence-corrected chi connectivity index (χ2v) is 17.0. The van der Waals surface area contributed by atoms with Crippen LogP contribution in [0.3, 0.4) is 0 Å². The zero-order valence-electron chi connectivity index (χ0n) is 25.0. The summed E-state index contributed by atoms with van der Waals surface area (Å²) in [4.78, 5) is 17.7. The maximum Gasteiger partial charge on any atom is 0.340 e. The number of benzene rings is 1. The minimum absolute atomic E-state index is 0.0511. The largest absolute Gasteiger partial charge is 0.465 e. The Morgan fingerprint density at radius 3 is 2.14 bits per heavy atom. The van der Waals surface area contributed by atoms with E-state index in [1.54, 1.807) is 12.1 Å². The van der Waals surface area contributed by atoms with Crippen molar-refractivity contribution in [1.82, 2.24) is 4.98 Å². The van der Waals surface area contributed by atoms with Crippen LogP contribution < -0.4 is 0 Å². The fraction of sp³-hybridized carbons (Fsp3) is 0.613. The molecule has 0 fully saturated rings. The standard InChI is InChI=1S/C31H48FNO3Si/c1-12-13-14-15-23-27(22-16-17-26(32)24(18-22)30(34)35-9)25(19-36-37(10,11)31(6,7)8)29(21(4)5)33-28(23)20(2)3/h16-18,20-21H,12-15,19H2,1-11H3. The monoisotopic (exact) mass is 529 g/mol. The van der Waals surface area contributed by atoms with Gasteiger partial charge < -0.3 is 9.16 Å². The first-order valence-corrected chi connectivity index (χ1v) is 16.6. The molecule has 2 rings (SSSR count). The number of rotatable bonds is 11. The Morgan fingerprint density at radius 2 is 1.62 bits per heavy atom. The third-order valence-corrected chi connectivity index (χ3v) is 12.1. The van der Waals surface area contributed by atoms with Crippen molar-refractivity contribution in [2.24, 2.45) is 0 Å². The molecule has 2 aromatic rings. The molecule has 0 amide bonds. The lowest BCUT2D eigenvalue weighted by Gasteiger charge is -2.37. The minimum Gasteiger partial charge on any atom is -0.465 e. The van der Waals surface area contributed by atoms with Crippen molar-refractivity contribution in [2.75, 3.05) is 7.11 Å². The SMILES string of the molecule is CCCCCc1c(C(C)C)nc(C(C)C)c(CO[Si](C)(C)C(C)(C)C)c1-c1ccc(F)c(C(=O)OC)c1. The van der Waals surface area contributed by atoms with Gasteiger partial charge in [0.05, 0.1) is 19.3 Å². The zero-order chi connectivity index (χ0) is 28.1. The lowest BCUT2D eigenvalue weighted by atomic mass is 9.85. The molecule has 1 heterocycles. The molecule has 0 saturated carbocycles. The molecule has 0 aliphatic carbocycles. The first-order valence-electron chi connectivity index (χ1n) is 13.7. The van der Waals surface area contributed by atoms with Crippen molar-refractivity contribution < 1.29 is 18.3 Å². The number of pyridine rings is 1. The summed E-state index contributed by atoms with van der Waals surface area (Å²) in [6.07, 6.45) is 4.16. The van der Waals surface area contributed by atoms with E-state index in [4.69, 9.17) is 14.1 Å². The Balaban J connectivity index is 2.93. The van der Waals surface area contributed by atoms with E-state index in [1.165, 1.54) is 18.7 Å². The highest BCUT2D eigenvalue weighted by atomic mass is 28.4. The van der Waals surface area contributed by atoms with Crippen LogP contribution in [0.25, 0.3) is 11.1 Å². The van der Waals surface area contributed by atoms with Crippen LogP contribution in [0.1, 0.15) is 119 Å². The molecule has 6 heteroatoms. The highest BCUT2D eigenvalue weighted by molar-refractivity contribution is 6.74. The van der Waals surface area contributed by atoms with Gasteiger partial charge in [-0.3, -0.25) is 4.98 Å². The van der Waals surface area contributed by atoms with Crippen LogP contribution in [-0.4, -0.2) is 26.4 Å². The van der Waals surface area contributed by atoms with Crippen LogP contribution in [0, 0.1) is 5.82 Å². The molecule has 4 nitrogen and oxygen atoms in total. The number of ether oxygens (including phenoxy) is 1. The Kier molecular flexibility index (Phi) is 10.7. The Hall–Kier alpha value is -2.05. The van der Waals surface area contributed by atoms with Gasteiger partial charge in [0.1, 0.15) is 5.82 Å². The predicted octanol–water partition coefficient (Wildman–Crippen LogP) is 9.18. The first-order chi connectivity index (χ1) is 17.2. The van der Waals surface area contributed by atoms with Crippen molar-refractivity contribution in [1.29, 1.82) is 0 Å². The average molecular weight is 530 g/mol. The number of esters is 1. The lowest BCUT2D eigenvalue weighted by molar-refractivity contribution is 0.0595. The van der Waals surface area contributed by atoms with E-state index >= 15 is 0 Å². The van der Waals surface area contributed by atoms with Crippen LogP contribution in [-0.2, 0) is 22.2 Å². The van der Waals surface area contributed by atoms with Gasteiger partial charge in [0, 0.05) is 17.0 Å². The summed E-state index contributed by atoms with van der Waals surface area (Å²) in [6, 6.07) is 4.80. The fourth-order valence-corrected chi connectivity index (χ4v) is 5.31. The lowest BCUT2D eigenvalue weighted by Crippen LogP contribution is -2.40. The quantitative estimate of drug-likeness (QED) is 0.165. The molecule has 0 aliphatic heterocycles. The Labute approximate surface area is 225 Å². The summed E-state index contributed by atoms with van der Waals surface area (Å²) in [5.41, 5.74) is 6.14. The highest BCUT2D eigenvalue weighted by Crippen LogP contribution is 2.41. The molecule has 0 spiro atoms. The van der Waals surface area contributed by atoms with Gasteiger partial charge in [-0.1, -0.05) is 74.3 Å². The molecule has 0 atom stereocenters. The normalized spacial score (nSPS) is 12.5. The van der Waals surface area contributed by atoms with E-state index in [2.05, 4.69) is 68.5 Å². The molecule has 1 aromatic carbocycles. The van der Waals surface area contributed by atoms with Crippen LogP contribution in [0.2, 0.25) is 18.1 Å². The molecular weight excluding hydrogens is 481 g/mol. The van der Waals surface area contributed by atoms with E-state index in [9.17, 15) is 9.18 Å². The van der Waals surface area contributed by atoms with Gasteiger partial charge in [0.2, 0.25) is 0 Å². The number of unbranched alkanes of at least 4 members (excludes halogenated alkanes) is 2. The number of hydrogen-bond acceptors (Lipinski definition) is 4. The summed E-state index contributed by atoms with van der Waals surface area (Å²) in [5.74, 6) is -0.846. The third-order valence-electron chi connectivity index (χ3n) is 7.63. The van der Waals surface area contributed by atoms with Gasteiger partial charge in [-0.05, 0) is 71.6 Å². The summed E-state index contributed by atoms with van der Waals surface area (Å²) >= 11 is 0. The van der Waals surface area contributed by atoms with Crippen LogP contribution >= 0.6 is 0 Å². The molecule has 0 saturated heterocycles. The van der Waals surface area contributed by atoms with Gasteiger partial charge in [-0.2, -0.15) is 0 Å². The smallest absolute Gasteiger partial charge is 0.340 e. The fourth-order valence-electron chi connectivity index (χ4n) is 4.37. The highest BCUT2D eigenvalue weighted by Gasteiger charge is 2.38. The summed E-state index contributed by atoms with van der Waals surface area (Å²) in [6.45, 7) is 22.5. The number of hydrogen-bond donors (Lipinski definition) is 0. The summed E-state index contributed by atoms with van der Waals surface area (Å²) in [5, 5.41) is 0.0638. The Morgan fingerprint density at radius 1 is 1.03 bits per heavy atom. The first kappa shape index (κ1) is 31.2. The zero-order valence-corrected chi connectivity index (χ0v) is 26.0. The van der Waals surface area contributed by atoms with Gasteiger partial charge in [0.25, 0.3) is 0 Å². The van der Waals surface area contributed by atoms with Crippen molar-refractivity contribution in [3.63, 3.8) is 0 Å². The molecule has 0 aliphatic rings. The molecular formula is C31H48FNO3Si. The van der Waals surface area contributed by atoms with Crippen LogP contribution in [0.4, 0.5) is 4.39 Å². The van der Waals surface area contributed by atoms with Crippen LogP contribution in [0.15, 0.2) is 18.2 Å². The molecule has 37 heavy (non-hydrogen) atoms. The molecule has 1 aromatic heterocycles. The van der Waals surface area contributed by atoms with Crippen LogP contribution in [0.5, 0.6) is 0 Å². The van der Waals surface area contributed by atoms with Crippen molar-refractivity contribution >= 4 is 14.3 Å². The topological polar surface area (TPSA) is 48.4 Å². The van der Waals surface area contributed by atoms with E-state index in [0.717, 1.165) is 53.8 Å². The number of aromatic nitrogens is 1. The number of carbonyl (C=O) groups excluding carboxylic acids is 1. The van der Waals surface area contributed by atoms with Gasteiger partial charge in [-0.25, -0.2) is 9.18 Å². The van der Waals surface area contributed by atoms with Crippen molar-refractivity contribution in [2.45, 2.75) is 118 Å². The molecule has 0 N–H and O–H groups in total. The van der Waals surface area contributed by atoms with E-state index in [-0.39, 0.29) is 22.4 Å². The number of carbonyl (C=O) groups is 1. The molecule has 206 valence electrons. The van der Waals surface area contributed by atoms with Crippen molar-refractivity contribution in [3.05, 3.63) is 52.1 Å². The van der Waals surface area contributed by atoms with E-state index < -0.39 is 20.1 Å². The average Bonchev–Trinajstić information content (AvgIpc) is 2.81.